The molecule has 106 valence electrons. The summed E-state index contributed by atoms with van der Waals surface area (Å²) in [6.45, 7) is 6.32. The minimum absolute atomic E-state index is 0.112. The third kappa shape index (κ3) is 3.12. The van der Waals surface area contributed by atoms with Crippen molar-refractivity contribution in [1.29, 1.82) is 0 Å². The number of likely N-dealkylation sites (tertiary alicyclic amines) is 1. The normalized spacial score (nSPS) is 25.4. The Balaban J connectivity index is 2.03. The molecule has 3 atom stereocenters. The van der Waals surface area contributed by atoms with Crippen molar-refractivity contribution in [3.63, 3.8) is 0 Å². The van der Waals surface area contributed by atoms with Crippen LogP contribution < -0.4 is 5.73 Å². The Kier molecular flexibility index (Phi) is 4.19. The van der Waals surface area contributed by atoms with Gasteiger partial charge in [0, 0.05) is 18.1 Å². The molecule has 1 aliphatic heterocycles. The second-order valence-corrected chi connectivity index (χ2v) is 5.56. The summed E-state index contributed by atoms with van der Waals surface area (Å²) >= 11 is 0. The Morgan fingerprint density at radius 2 is 2.11 bits per heavy atom. The van der Waals surface area contributed by atoms with Gasteiger partial charge in [-0.1, -0.05) is 5.21 Å². The summed E-state index contributed by atoms with van der Waals surface area (Å²) in [6, 6.07) is 0.469. The first-order valence-corrected chi connectivity index (χ1v) is 6.95. The van der Waals surface area contributed by atoms with Crippen molar-refractivity contribution in [2.75, 3.05) is 0 Å². The average molecular weight is 265 g/mol. The number of piperidine rings is 1. The first kappa shape index (κ1) is 14.0. The summed E-state index contributed by atoms with van der Waals surface area (Å²) in [7, 11) is 0. The van der Waals surface area contributed by atoms with Gasteiger partial charge in [-0.2, -0.15) is 0 Å². The van der Waals surface area contributed by atoms with Gasteiger partial charge in [0.2, 0.25) is 5.91 Å². The number of aromatic nitrogens is 3. The highest BCUT2D eigenvalue weighted by Gasteiger charge is 2.29. The molecular weight excluding hydrogens is 242 g/mol. The van der Waals surface area contributed by atoms with E-state index >= 15 is 0 Å². The molecule has 1 aromatic heterocycles. The van der Waals surface area contributed by atoms with Gasteiger partial charge in [-0.15, -0.1) is 5.10 Å². The van der Waals surface area contributed by atoms with E-state index in [0.717, 1.165) is 12.8 Å². The minimum Gasteiger partial charge on any atom is -0.336 e. The molecule has 1 amide bonds. The summed E-state index contributed by atoms with van der Waals surface area (Å²) in [4.78, 5) is 14.4. The van der Waals surface area contributed by atoms with Gasteiger partial charge in [-0.25, -0.2) is 4.68 Å². The SMILES string of the molecule is CC(N)c1cn(CC(=O)N2C(C)CCCC2C)nn1. The lowest BCUT2D eigenvalue weighted by atomic mass is 9.97. The maximum absolute atomic E-state index is 12.4. The van der Waals surface area contributed by atoms with Crippen LogP contribution in [-0.2, 0) is 11.3 Å². The largest absolute Gasteiger partial charge is 0.336 e. The lowest BCUT2D eigenvalue weighted by Gasteiger charge is -2.39. The van der Waals surface area contributed by atoms with Crippen molar-refractivity contribution < 1.29 is 4.79 Å². The van der Waals surface area contributed by atoms with Gasteiger partial charge < -0.3 is 10.6 Å². The summed E-state index contributed by atoms with van der Waals surface area (Å²) in [6.07, 6.45) is 5.11. The molecule has 6 nitrogen and oxygen atoms in total. The highest BCUT2D eigenvalue weighted by molar-refractivity contribution is 5.76. The number of rotatable bonds is 3. The van der Waals surface area contributed by atoms with Crippen LogP contribution in [0.15, 0.2) is 6.20 Å². The van der Waals surface area contributed by atoms with E-state index in [9.17, 15) is 4.79 Å². The molecule has 0 saturated carbocycles. The maximum atomic E-state index is 12.4. The van der Waals surface area contributed by atoms with E-state index < -0.39 is 0 Å². The zero-order valence-corrected chi connectivity index (χ0v) is 11.9. The predicted molar refractivity (Wildman–Crippen MR) is 72.2 cm³/mol. The van der Waals surface area contributed by atoms with E-state index in [-0.39, 0.29) is 18.5 Å². The van der Waals surface area contributed by atoms with Crippen molar-refractivity contribution in [3.05, 3.63) is 11.9 Å². The van der Waals surface area contributed by atoms with Gasteiger partial charge in [0.15, 0.2) is 0 Å². The monoisotopic (exact) mass is 265 g/mol. The second-order valence-electron chi connectivity index (χ2n) is 5.56. The standard InChI is InChI=1S/C13H23N5O/c1-9-5-4-6-10(2)18(9)13(19)8-17-7-12(11(3)14)15-16-17/h7,9-11H,4-6,8,14H2,1-3H3. The van der Waals surface area contributed by atoms with Crippen LogP contribution in [0, 0.1) is 0 Å². The Hall–Kier alpha value is -1.43. The van der Waals surface area contributed by atoms with Gasteiger partial charge in [0.1, 0.15) is 6.54 Å². The number of hydrogen-bond donors (Lipinski definition) is 1. The molecule has 1 saturated heterocycles. The van der Waals surface area contributed by atoms with Crippen molar-refractivity contribution in [2.24, 2.45) is 5.73 Å². The Morgan fingerprint density at radius 1 is 1.47 bits per heavy atom. The van der Waals surface area contributed by atoms with E-state index in [1.165, 1.54) is 6.42 Å². The van der Waals surface area contributed by atoms with Crippen molar-refractivity contribution in [2.45, 2.75) is 64.7 Å². The van der Waals surface area contributed by atoms with Crippen molar-refractivity contribution in [1.82, 2.24) is 19.9 Å². The predicted octanol–water partition coefficient (Wildman–Crippen LogP) is 1.09. The van der Waals surface area contributed by atoms with E-state index in [0.29, 0.717) is 17.8 Å². The van der Waals surface area contributed by atoms with Crippen LogP contribution in [0.1, 0.15) is 51.8 Å². The molecule has 0 aliphatic carbocycles. The van der Waals surface area contributed by atoms with Crippen LogP contribution in [0.25, 0.3) is 0 Å². The maximum Gasteiger partial charge on any atom is 0.244 e. The number of nitrogens with two attached hydrogens (primary N) is 1. The lowest BCUT2D eigenvalue weighted by Crippen LogP contribution is -2.48. The van der Waals surface area contributed by atoms with E-state index in [1.54, 1.807) is 10.9 Å². The van der Waals surface area contributed by atoms with Crippen LogP contribution in [0.3, 0.4) is 0 Å². The fourth-order valence-corrected chi connectivity index (χ4v) is 2.73. The molecule has 6 heteroatoms. The molecule has 0 bridgehead atoms. The Labute approximate surface area is 113 Å². The molecule has 0 aromatic carbocycles. The fourth-order valence-electron chi connectivity index (χ4n) is 2.73. The third-order valence-corrected chi connectivity index (χ3v) is 3.80. The highest BCUT2D eigenvalue weighted by Crippen LogP contribution is 2.22. The van der Waals surface area contributed by atoms with Gasteiger partial charge in [-0.3, -0.25) is 4.79 Å². The number of hydrogen-bond acceptors (Lipinski definition) is 4. The molecule has 2 rings (SSSR count). The van der Waals surface area contributed by atoms with Gasteiger partial charge in [-0.05, 0) is 40.0 Å². The first-order valence-electron chi connectivity index (χ1n) is 6.95. The smallest absolute Gasteiger partial charge is 0.244 e. The Bertz CT molecular complexity index is 432. The summed E-state index contributed by atoms with van der Waals surface area (Å²) in [5.41, 5.74) is 6.45. The third-order valence-electron chi connectivity index (χ3n) is 3.80. The molecule has 0 radical (unpaired) electrons. The van der Waals surface area contributed by atoms with Crippen LogP contribution in [0.2, 0.25) is 0 Å². The molecule has 1 fully saturated rings. The van der Waals surface area contributed by atoms with Gasteiger partial charge in [0.25, 0.3) is 0 Å². The number of carbonyl (C=O) groups excluding carboxylic acids is 1. The summed E-state index contributed by atoms with van der Waals surface area (Å²) < 4.78 is 1.58. The van der Waals surface area contributed by atoms with Crippen LogP contribution >= 0.6 is 0 Å². The lowest BCUT2D eigenvalue weighted by molar-refractivity contribution is -0.138. The van der Waals surface area contributed by atoms with Crippen LogP contribution in [-0.4, -0.2) is 37.9 Å². The fraction of sp³-hybridized carbons (Fsp3) is 0.769. The zero-order chi connectivity index (χ0) is 14.0. The van der Waals surface area contributed by atoms with Crippen LogP contribution in [0.4, 0.5) is 0 Å². The molecule has 3 unspecified atom stereocenters. The van der Waals surface area contributed by atoms with E-state index in [4.69, 9.17) is 5.73 Å². The number of nitrogens with zero attached hydrogens (tertiary/aromatic N) is 4. The van der Waals surface area contributed by atoms with Gasteiger partial charge >= 0.3 is 0 Å². The van der Waals surface area contributed by atoms with Crippen LogP contribution in [0.5, 0.6) is 0 Å². The zero-order valence-electron chi connectivity index (χ0n) is 11.9. The molecule has 2 N–H and O–H groups in total. The molecule has 0 spiro atoms. The molecular formula is C13H23N5O. The van der Waals surface area contributed by atoms with Crippen molar-refractivity contribution >= 4 is 5.91 Å². The summed E-state index contributed by atoms with van der Waals surface area (Å²) in [5, 5.41) is 7.93. The second kappa shape index (κ2) is 5.69. The molecule has 2 heterocycles. The molecule has 19 heavy (non-hydrogen) atoms. The average Bonchev–Trinajstić information content (AvgIpc) is 2.77. The van der Waals surface area contributed by atoms with Gasteiger partial charge in [0.05, 0.1) is 11.9 Å². The number of amides is 1. The summed E-state index contributed by atoms with van der Waals surface area (Å²) in [5.74, 6) is 0.112. The quantitative estimate of drug-likeness (QED) is 0.887. The van der Waals surface area contributed by atoms with E-state index in [1.807, 2.05) is 11.8 Å². The molecule has 1 aliphatic rings. The van der Waals surface area contributed by atoms with Crippen molar-refractivity contribution in [3.8, 4) is 0 Å². The minimum atomic E-state index is -0.156. The Morgan fingerprint density at radius 3 is 2.63 bits per heavy atom. The topological polar surface area (TPSA) is 77.0 Å². The number of carbonyl (C=O) groups is 1. The first-order chi connectivity index (χ1) is 8.99. The molecule has 1 aromatic rings. The highest BCUT2D eigenvalue weighted by atomic mass is 16.2. The van der Waals surface area contributed by atoms with E-state index in [2.05, 4.69) is 24.2 Å².